The highest BCUT2D eigenvalue weighted by atomic mass is 16.5. The van der Waals surface area contributed by atoms with E-state index in [1.807, 2.05) is 83.7 Å². The highest BCUT2D eigenvalue weighted by molar-refractivity contribution is 5.89. The minimum Gasteiger partial charge on any atom is -0.497 e. The smallest absolute Gasteiger partial charge is 0.146 e. The summed E-state index contributed by atoms with van der Waals surface area (Å²) in [4.78, 5) is 4.20. The van der Waals surface area contributed by atoms with E-state index in [0.29, 0.717) is 5.82 Å². The normalized spacial score (nSPS) is 10.9. The molecule has 6 nitrogen and oxygen atoms in total. The van der Waals surface area contributed by atoms with E-state index < -0.39 is 0 Å². The zero-order valence-corrected chi connectivity index (χ0v) is 15.4. The van der Waals surface area contributed by atoms with Gasteiger partial charge in [0.15, 0.2) is 0 Å². The zero-order chi connectivity index (χ0) is 19.2. The zero-order valence-electron chi connectivity index (χ0n) is 15.4. The van der Waals surface area contributed by atoms with Crippen LogP contribution in [0, 0.1) is 0 Å². The molecule has 0 unspecified atom stereocenters. The quantitative estimate of drug-likeness (QED) is 0.404. The molecule has 0 aliphatic rings. The topological polar surface area (TPSA) is 64.3 Å². The predicted octanol–water partition coefficient (Wildman–Crippen LogP) is 4.39. The van der Waals surface area contributed by atoms with Crippen LogP contribution in [0.1, 0.15) is 5.56 Å². The molecule has 2 aromatic carbocycles. The van der Waals surface area contributed by atoms with Gasteiger partial charge < -0.3 is 4.74 Å². The van der Waals surface area contributed by atoms with Crippen molar-refractivity contribution >= 4 is 12.0 Å². The monoisotopic (exact) mass is 369 g/mol. The standard InChI is InChI=1S/C22H19N5O/c1-28-20-12-10-17(11-13-20)22-18(15-24-25-21-9-5-6-14-23-21)16-27(26-22)19-7-3-2-4-8-19/h2-16H,1H3,(H,23,25). The van der Waals surface area contributed by atoms with Crippen molar-refractivity contribution in [1.29, 1.82) is 0 Å². The van der Waals surface area contributed by atoms with Crippen molar-refractivity contribution in [1.82, 2.24) is 14.8 Å². The summed E-state index contributed by atoms with van der Waals surface area (Å²) in [6.45, 7) is 0. The number of hydrazone groups is 1. The van der Waals surface area contributed by atoms with Crippen LogP contribution in [0.5, 0.6) is 5.75 Å². The third kappa shape index (κ3) is 3.91. The Bertz CT molecular complexity index is 1060. The summed E-state index contributed by atoms with van der Waals surface area (Å²) < 4.78 is 7.10. The van der Waals surface area contributed by atoms with E-state index in [1.165, 1.54) is 0 Å². The first-order valence-corrected chi connectivity index (χ1v) is 8.83. The van der Waals surface area contributed by atoms with Crippen molar-refractivity contribution in [2.24, 2.45) is 5.10 Å². The average Bonchev–Trinajstić information content (AvgIpc) is 3.19. The lowest BCUT2D eigenvalue weighted by Gasteiger charge is -2.02. The maximum atomic E-state index is 5.25. The fourth-order valence-corrected chi connectivity index (χ4v) is 2.76. The van der Waals surface area contributed by atoms with Gasteiger partial charge in [-0.2, -0.15) is 10.2 Å². The van der Waals surface area contributed by atoms with Crippen molar-refractivity contribution in [3.8, 4) is 22.7 Å². The molecule has 0 saturated carbocycles. The van der Waals surface area contributed by atoms with Crippen molar-refractivity contribution < 1.29 is 4.74 Å². The molecule has 0 aliphatic heterocycles. The first-order valence-electron chi connectivity index (χ1n) is 8.83. The van der Waals surface area contributed by atoms with Crippen molar-refractivity contribution in [3.05, 3.63) is 90.8 Å². The molecule has 2 aromatic heterocycles. The molecule has 0 saturated heterocycles. The van der Waals surface area contributed by atoms with Gasteiger partial charge in [-0.25, -0.2) is 9.67 Å². The van der Waals surface area contributed by atoms with E-state index in [0.717, 1.165) is 28.3 Å². The molecule has 1 N–H and O–H groups in total. The van der Waals surface area contributed by atoms with E-state index in [-0.39, 0.29) is 0 Å². The van der Waals surface area contributed by atoms with Gasteiger partial charge in [-0.3, -0.25) is 5.43 Å². The number of para-hydroxylation sites is 1. The highest BCUT2D eigenvalue weighted by Crippen LogP contribution is 2.25. The summed E-state index contributed by atoms with van der Waals surface area (Å²) in [5.74, 6) is 1.48. The number of anilines is 1. The Balaban J connectivity index is 1.69. The van der Waals surface area contributed by atoms with Crippen LogP contribution < -0.4 is 10.2 Å². The third-order valence-corrected chi connectivity index (χ3v) is 4.17. The Morgan fingerprint density at radius 1 is 0.964 bits per heavy atom. The number of methoxy groups -OCH3 is 1. The van der Waals surface area contributed by atoms with Gasteiger partial charge in [0, 0.05) is 23.5 Å². The lowest BCUT2D eigenvalue weighted by Crippen LogP contribution is -1.94. The van der Waals surface area contributed by atoms with Crippen LogP contribution in [0.3, 0.4) is 0 Å². The molecule has 0 aliphatic carbocycles. The molecule has 0 radical (unpaired) electrons. The van der Waals surface area contributed by atoms with Gasteiger partial charge in [-0.15, -0.1) is 0 Å². The van der Waals surface area contributed by atoms with Crippen LogP contribution in [0.4, 0.5) is 5.82 Å². The van der Waals surface area contributed by atoms with Gasteiger partial charge in [-0.05, 0) is 48.5 Å². The van der Waals surface area contributed by atoms with Crippen LogP contribution in [-0.2, 0) is 0 Å². The molecule has 0 amide bonds. The van der Waals surface area contributed by atoms with E-state index in [4.69, 9.17) is 9.84 Å². The Morgan fingerprint density at radius 2 is 1.75 bits per heavy atom. The number of aromatic nitrogens is 3. The summed E-state index contributed by atoms with van der Waals surface area (Å²) in [6.07, 6.45) is 5.42. The largest absolute Gasteiger partial charge is 0.497 e. The number of nitrogens with one attached hydrogen (secondary N) is 1. The average molecular weight is 369 g/mol. The molecular formula is C22H19N5O. The lowest BCUT2D eigenvalue weighted by atomic mass is 10.1. The summed E-state index contributed by atoms with van der Waals surface area (Å²) in [5, 5.41) is 9.10. The van der Waals surface area contributed by atoms with Crippen LogP contribution in [0.2, 0.25) is 0 Å². The molecule has 6 heteroatoms. The van der Waals surface area contributed by atoms with Crippen LogP contribution in [-0.4, -0.2) is 28.1 Å². The molecule has 0 atom stereocenters. The van der Waals surface area contributed by atoms with Gasteiger partial charge in [0.05, 0.1) is 19.0 Å². The fraction of sp³-hybridized carbons (Fsp3) is 0.0455. The Kier molecular flexibility index (Phi) is 5.11. The second kappa shape index (κ2) is 8.18. The number of nitrogens with zero attached hydrogens (tertiary/aromatic N) is 4. The van der Waals surface area contributed by atoms with Crippen molar-refractivity contribution in [2.45, 2.75) is 0 Å². The maximum Gasteiger partial charge on any atom is 0.146 e. The fourth-order valence-electron chi connectivity index (χ4n) is 2.76. The number of hydrogen-bond acceptors (Lipinski definition) is 5. The van der Waals surface area contributed by atoms with Crippen LogP contribution in [0.15, 0.2) is 90.3 Å². The summed E-state index contributed by atoms with van der Waals surface area (Å²) in [6, 6.07) is 23.4. The number of ether oxygens (including phenoxy) is 1. The third-order valence-electron chi connectivity index (χ3n) is 4.17. The summed E-state index contributed by atoms with van der Waals surface area (Å²) in [7, 11) is 1.65. The molecule has 0 fully saturated rings. The Hall–Kier alpha value is -3.93. The molecule has 4 rings (SSSR count). The van der Waals surface area contributed by atoms with Crippen molar-refractivity contribution in [3.63, 3.8) is 0 Å². The summed E-state index contributed by atoms with van der Waals surface area (Å²) in [5.41, 5.74) is 6.62. The number of pyridine rings is 1. The second-order valence-corrected chi connectivity index (χ2v) is 6.03. The van der Waals surface area contributed by atoms with Crippen LogP contribution >= 0.6 is 0 Å². The van der Waals surface area contributed by atoms with Gasteiger partial charge in [0.2, 0.25) is 0 Å². The predicted molar refractivity (Wildman–Crippen MR) is 111 cm³/mol. The SMILES string of the molecule is COc1ccc(-c2nn(-c3ccccc3)cc2C=NNc2ccccn2)cc1. The number of hydrogen-bond donors (Lipinski definition) is 1. The van der Waals surface area contributed by atoms with E-state index >= 15 is 0 Å². The van der Waals surface area contributed by atoms with Gasteiger partial charge in [-0.1, -0.05) is 24.3 Å². The molecule has 0 spiro atoms. The van der Waals surface area contributed by atoms with Gasteiger partial charge in [0.25, 0.3) is 0 Å². The Morgan fingerprint density at radius 3 is 2.46 bits per heavy atom. The minimum absolute atomic E-state index is 0.681. The molecule has 138 valence electrons. The highest BCUT2D eigenvalue weighted by Gasteiger charge is 2.11. The molecular weight excluding hydrogens is 350 g/mol. The van der Waals surface area contributed by atoms with E-state index in [9.17, 15) is 0 Å². The van der Waals surface area contributed by atoms with Crippen LogP contribution in [0.25, 0.3) is 16.9 Å². The van der Waals surface area contributed by atoms with Gasteiger partial charge in [0.1, 0.15) is 17.3 Å². The molecule has 28 heavy (non-hydrogen) atoms. The second-order valence-electron chi connectivity index (χ2n) is 6.03. The first-order chi connectivity index (χ1) is 13.8. The maximum absolute atomic E-state index is 5.25. The number of rotatable bonds is 6. The lowest BCUT2D eigenvalue weighted by molar-refractivity contribution is 0.415. The molecule has 0 bridgehead atoms. The van der Waals surface area contributed by atoms with Gasteiger partial charge >= 0.3 is 0 Å². The number of benzene rings is 2. The van der Waals surface area contributed by atoms with Crippen molar-refractivity contribution in [2.75, 3.05) is 12.5 Å². The van der Waals surface area contributed by atoms with E-state index in [2.05, 4.69) is 15.5 Å². The molecule has 2 heterocycles. The Labute approximate surface area is 163 Å². The van der Waals surface area contributed by atoms with E-state index in [1.54, 1.807) is 19.5 Å². The summed E-state index contributed by atoms with van der Waals surface area (Å²) >= 11 is 0. The first kappa shape index (κ1) is 17.5. The minimum atomic E-state index is 0.681. The molecule has 4 aromatic rings.